The first-order valence-corrected chi connectivity index (χ1v) is 23.2. The van der Waals surface area contributed by atoms with Gasteiger partial charge >= 0.3 is 0 Å². The summed E-state index contributed by atoms with van der Waals surface area (Å²) in [5, 5.41) is 18.8. The molecular formula is C60H46N8. The number of hydrogen-bond donors (Lipinski definition) is 0. The van der Waals surface area contributed by atoms with Gasteiger partial charge in [0.15, 0.2) is 0 Å². The Morgan fingerprint density at radius 1 is 0.397 bits per heavy atom. The van der Waals surface area contributed by atoms with Crippen LogP contribution in [-0.2, 0) is 0 Å². The van der Waals surface area contributed by atoms with Gasteiger partial charge in [0.2, 0.25) is 0 Å². The Hall–Kier alpha value is -8.88. The molecular weight excluding hydrogens is 833 g/mol. The number of para-hydroxylation sites is 2. The molecule has 0 spiro atoms. The minimum atomic E-state index is 0.323. The lowest BCUT2D eigenvalue weighted by Gasteiger charge is -2.30. The highest BCUT2D eigenvalue weighted by molar-refractivity contribution is 5.81. The van der Waals surface area contributed by atoms with Crippen molar-refractivity contribution in [1.82, 2.24) is 30.0 Å². The SMILES string of the molecule is C1=CC(c2ccc(-c3ccc(N(c4ccccc4)c4ccc(-n5nc6ccccc6n5)cc4)cc3)cc2)CC=C1c1ccc(N(C2=CC=C(n3nc4ccccc4n3)CC2)c2ccccc2)cc1. The molecule has 1 unspecified atom stereocenters. The summed E-state index contributed by atoms with van der Waals surface area (Å²) >= 11 is 0. The van der Waals surface area contributed by atoms with Crippen molar-refractivity contribution in [2.24, 2.45) is 0 Å². The Morgan fingerprint density at radius 3 is 1.37 bits per heavy atom. The lowest BCUT2D eigenvalue weighted by Crippen LogP contribution is -2.18. The van der Waals surface area contributed by atoms with Crippen LogP contribution in [-0.4, -0.2) is 30.0 Å². The number of fused-ring (bicyclic) bond motifs is 2. The fourth-order valence-corrected chi connectivity index (χ4v) is 9.36. The van der Waals surface area contributed by atoms with E-state index in [0.29, 0.717) is 5.92 Å². The Kier molecular flexibility index (Phi) is 10.7. The van der Waals surface area contributed by atoms with Crippen molar-refractivity contribution < 1.29 is 0 Å². The molecule has 1 atom stereocenters. The molecule has 2 aliphatic carbocycles. The molecule has 12 rings (SSSR count). The fraction of sp³-hybridized carbons (Fsp3) is 0.0667. The van der Waals surface area contributed by atoms with Crippen LogP contribution in [0.25, 0.3) is 50.2 Å². The van der Waals surface area contributed by atoms with E-state index in [4.69, 9.17) is 10.2 Å². The Morgan fingerprint density at radius 2 is 0.853 bits per heavy atom. The van der Waals surface area contributed by atoms with Crippen molar-refractivity contribution in [3.8, 4) is 16.8 Å². The summed E-state index contributed by atoms with van der Waals surface area (Å²) in [6, 6.07) is 72.4. The number of benzene rings is 8. The van der Waals surface area contributed by atoms with E-state index in [1.54, 1.807) is 9.59 Å². The van der Waals surface area contributed by atoms with Crippen LogP contribution < -0.4 is 9.80 Å². The Balaban J connectivity index is 0.723. The maximum Gasteiger partial charge on any atom is 0.113 e. The van der Waals surface area contributed by atoms with E-state index >= 15 is 0 Å². The average Bonchev–Trinajstić information content (AvgIpc) is 4.06. The quantitative estimate of drug-likeness (QED) is 0.129. The van der Waals surface area contributed by atoms with Gasteiger partial charge in [-0.15, -0.1) is 20.4 Å². The van der Waals surface area contributed by atoms with Gasteiger partial charge in [-0.05, 0) is 156 Å². The number of allylic oxidation sites excluding steroid dienone is 8. The summed E-state index contributed by atoms with van der Waals surface area (Å²) in [4.78, 5) is 8.13. The van der Waals surface area contributed by atoms with Crippen molar-refractivity contribution >= 4 is 61.8 Å². The molecule has 0 fully saturated rings. The third kappa shape index (κ3) is 8.09. The maximum absolute atomic E-state index is 4.73. The van der Waals surface area contributed by atoms with Crippen LogP contribution >= 0.6 is 0 Å². The minimum absolute atomic E-state index is 0.323. The molecule has 0 amide bonds. The summed E-state index contributed by atoms with van der Waals surface area (Å²) in [5.41, 5.74) is 18.5. The van der Waals surface area contributed by atoms with Gasteiger partial charge in [0, 0.05) is 40.1 Å². The predicted molar refractivity (Wildman–Crippen MR) is 278 cm³/mol. The summed E-state index contributed by atoms with van der Waals surface area (Å²) in [5.74, 6) is 0.323. The fourth-order valence-electron chi connectivity index (χ4n) is 9.36. The lowest BCUT2D eigenvalue weighted by molar-refractivity contribution is 0.736. The summed E-state index contributed by atoms with van der Waals surface area (Å²) in [6.45, 7) is 0. The molecule has 0 bridgehead atoms. The van der Waals surface area contributed by atoms with Gasteiger partial charge in [-0.3, -0.25) is 0 Å². The van der Waals surface area contributed by atoms with Crippen LogP contribution in [0.4, 0.5) is 28.4 Å². The van der Waals surface area contributed by atoms with Crippen molar-refractivity contribution in [2.75, 3.05) is 9.80 Å². The van der Waals surface area contributed by atoms with Gasteiger partial charge < -0.3 is 9.80 Å². The van der Waals surface area contributed by atoms with Crippen LogP contribution in [0.2, 0.25) is 0 Å². The van der Waals surface area contributed by atoms with Crippen LogP contribution in [0.1, 0.15) is 36.3 Å². The van der Waals surface area contributed by atoms with E-state index in [2.05, 4.69) is 208 Å². The van der Waals surface area contributed by atoms with Crippen LogP contribution in [0.5, 0.6) is 0 Å². The van der Waals surface area contributed by atoms with Crippen molar-refractivity contribution in [1.29, 1.82) is 0 Å². The summed E-state index contributed by atoms with van der Waals surface area (Å²) in [6.07, 6.45) is 14.1. The predicted octanol–water partition coefficient (Wildman–Crippen LogP) is 14.8. The normalized spacial score (nSPS) is 14.6. The number of rotatable bonds is 11. The molecule has 0 radical (unpaired) electrons. The molecule has 2 aliphatic rings. The Bertz CT molecular complexity index is 3440. The topological polar surface area (TPSA) is 67.9 Å². The first kappa shape index (κ1) is 40.6. The monoisotopic (exact) mass is 878 g/mol. The van der Waals surface area contributed by atoms with E-state index in [9.17, 15) is 0 Å². The largest absolute Gasteiger partial charge is 0.314 e. The zero-order valence-electron chi connectivity index (χ0n) is 37.3. The van der Waals surface area contributed by atoms with E-state index in [1.165, 1.54) is 33.5 Å². The third-order valence-electron chi connectivity index (χ3n) is 12.9. The molecule has 10 aromatic rings. The Labute approximate surface area is 395 Å². The maximum atomic E-state index is 4.73. The minimum Gasteiger partial charge on any atom is -0.314 e. The highest BCUT2D eigenvalue weighted by Gasteiger charge is 2.20. The number of anilines is 5. The van der Waals surface area contributed by atoms with Gasteiger partial charge in [-0.25, -0.2) is 0 Å². The van der Waals surface area contributed by atoms with E-state index in [1.807, 2.05) is 48.5 Å². The first-order valence-electron chi connectivity index (χ1n) is 23.2. The van der Waals surface area contributed by atoms with Gasteiger partial charge in [0.05, 0.1) is 11.4 Å². The molecule has 2 aromatic heterocycles. The molecule has 8 nitrogen and oxygen atoms in total. The van der Waals surface area contributed by atoms with Crippen LogP contribution in [0.15, 0.2) is 242 Å². The van der Waals surface area contributed by atoms with Crippen molar-refractivity contribution in [3.05, 3.63) is 253 Å². The second-order valence-electron chi connectivity index (χ2n) is 17.2. The van der Waals surface area contributed by atoms with Gasteiger partial charge in [-0.2, -0.15) is 9.59 Å². The van der Waals surface area contributed by atoms with Crippen LogP contribution in [0, 0.1) is 0 Å². The standard InChI is InChI=1S/C60H46N8/c1-3-11-49(12-4-1)65(53-35-39-55(40-36-53)67-61-57-15-7-8-16-58(57)62-67)51-31-27-47(28-32-51)45-23-19-43(20-24-45)44-21-25-46(26-22-44)48-29-33-52(34-30-48)66(50-13-5-2-6-14-50)54-37-41-56(42-38-54)68-63-59-17-9-10-18-60(59)64-68/h1-21,23-37,39-41,44H,22,38,42H2. The number of nitrogens with zero attached hydrogens (tertiary/aromatic N) is 8. The highest BCUT2D eigenvalue weighted by atomic mass is 15.5. The lowest BCUT2D eigenvalue weighted by atomic mass is 9.87. The molecule has 326 valence electrons. The van der Waals surface area contributed by atoms with Crippen LogP contribution in [0.3, 0.4) is 0 Å². The molecule has 0 saturated heterocycles. The van der Waals surface area contributed by atoms with E-state index in [-0.39, 0.29) is 0 Å². The van der Waals surface area contributed by atoms with Crippen molar-refractivity contribution in [3.63, 3.8) is 0 Å². The van der Waals surface area contributed by atoms with Gasteiger partial charge in [0.1, 0.15) is 22.1 Å². The number of hydrogen-bond acceptors (Lipinski definition) is 6. The molecule has 0 saturated carbocycles. The van der Waals surface area contributed by atoms with Gasteiger partial charge in [0.25, 0.3) is 0 Å². The average molecular weight is 879 g/mol. The second-order valence-corrected chi connectivity index (χ2v) is 17.2. The molecule has 68 heavy (non-hydrogen) atoms. The second kappa shape index (κ2) is 17.8. The molecule has 0 N–H and O–H groups in total. The third-order valence-corrected chi connectivity index (χ3v) is 12.9. The summed E-state index contributed by atoms with van der Waals surface area (Å²) in [7, 11) is 0. The zero-order chi connectivity index (χ0) is 45.2. The van der Waals surface area contributed by atoms with Crippen molar-refractivity contribution in [2.45, 2.75) is 25.2 Å². The zero-order valence-corrected chi connectivity index (χ0v) is 37.3. The molecule has 8 aromatic carbocycles. The van der Waals surface area contributed by atoms with Gasteiger partial charge in [-0.1, -0.05) is 127 Å². The summed E-state index contributed by atoms with van der Waals surface area (Å²) < 4.78 is 0. The molecule has 0 aliphatic heterocycles. The number of aromatic nitrogens is 6. The first-order chi connectivity index (χ1) is 33.7. The highest BCUT2D eigenvalue weighted by Crippen LogP contribution is 2.39. The molecule has 8 heteroatoms. The molecule has 2 heterocycles. The van der Waals surface area contributed by atoms with E-state index in [0.717, 1.165) is 81.2 Å². The van der Waals surface area contributed by atoms with E-state index < -0.39 is 0 Å². The smallest absolute Gasteiger partial charge is 0.113 e.